The van der Waals surface area contributed by atoms with Gasteiger partial charge in [-0.2, -0.15) is 8.87 Å². The summed E-state index contributed by atoms with van der Waals surface area (Å²) in [6, 6.07) is 12.1. The molecule has 0 radical (unpaired) electrons. The number of anilines is 1. The smallest absolute Gasteiger partial charge is 0.290 e. The third-order valence-corrected chi connectivity index (χ3v) is 6.20. The van der Waals surface area contributed by atoms with E-state index in [-0.39, 0.29) is 17.3 Å². The summed E-state index contributed by atoms with van der Waals surface area (Å²) in [4.78, 5) is 12.5. The van der Waals surface area contributed by atoms with Crippen molar-refractivity contribution in [2.75, 3.05) is 18.4 Å². The number of carbonyl (C=O) groups excluding carboxylic acids is 1. The number of nitrogens with zero attached hydrogens (tertiary/aromatic N) is 2. The number of aryl methyl sites for hydroxylation is 1. The average molecular weight is 360 g/mol. The van der Waals surface area contributed by atoms with Crippen LogP contribution < -0.4 is 9.88 Å². The summed E-state index contributed by atoms with van der Waals surface area (Å²) in [5.74, 6) is -0.199. The number of carbonyl (C=O) groups is 1. The fraction of sp³-hybridized carbons (Fsp3) is 0.333. The fourth-order valence-corrected chi connectivity index (χ4v) is 4.47. The van der Waals surface area contributed by atoms with Crippen molar-refractivity contribution in [3.63, 3.8) is 0 Å². The molecule has 0 aliphatic carbocycles. The van der Waals surface area contributed by atoms with Gasteiger partial charge in [-0.05, 0) is 31.0 Å². The highest BCUT2D eigenvalue weighted by Crippen LogP contribution is 2.23. The Hall–Kier alpha value is -2.25. The van der Waals surface area contributed by atoms with Crippen LogP contribution in [0.3, 0.4) is 0 Å². The number of hydrogen-bond acceptors (Lipinski definition) is 3. The van der Waals surface area contributed by atoms with Gasteiger partial charge in [0.25, 0.3) is 5.91 Å². The summed E-state index contributed by atoms with van der Waals surface area (Å²) in [5.41, 5.74) is 1.46. The van der Waals surface area contributed by atoms with Gasteiger partial charge in [0.1, 0.15) is 0 Å². The lowest BCUT2D eigenvalue weighted by Crippen LogP contribution is -2.42. The van der Waals surface area contributed by atoms with Crippen molar-refractivity contribution in [3.8, 4) is 0 Å². The molecule has 1 amide bonds. The summed E-state index contributed by atoms with van der Waals surface area (Å²) in [5, 5.41) is 2.78. The van der Waals surface area contributed by atoms with Gasteiger partial charge in [-0.15, -0.1) is 0 Å². The van der Waals surface area contributed by atoms with Crippen LogP contribution in [0.25, 0.3) is 0 Å². The minimum absolute atomic E-state index is 0.176. The third-order valence-electron chi connectivity index (χ3n) is 4.30. The van der Waals surface area contributed by atoms with Gasteiger partial charge in [0.15, 0.2) is 11.9 Å². The minimum atomic E-state index is -3.49. The van der Waals surface area contributed by atoms with Gasteiger partial charge in [-0.25, -0.2) is 8.42 Å². The SMILES string of the molecule is Cc1cccc[n+]1CC(=O)Nc1cccc(S(=O)(=O)N2CCCC2)c1. The number of pyridine rings is 1. The predicted molar refractivity (Wildman–Crippen MR) is 94.4 cm³/mol. The van der Waals surface area contributed by atoms with E-state index in [1.165, 1.54) is 10.4 Å². The second-order valence-electron chi connectivity index (χ2n) is 6.16. The molecule has 132 valence electrons. The topological polar surface area (TPSA) is 70.4 Å². The summed E-state index contributed by atoms with van der Waals surface area (Å²) in [7, 11) is -3.49. The molecule has 0 atom stereocenters. The van der Waals surface area contributed by atoms with Gasteiger partial charge in [0.05, 0.1) is 4.90 Å². The molecule has 1 aliphatic rings. The molecule has 25 heavy (non-hydrogen) atoms. The fourth-order valence-electron chi connectivity index (χ4n) is 2.91. The molecule has 1 N–H and O–H groups in total. The van der Waals surface area contributed by atoms with Gasteiger partial charge in [-0.3, -0.25) is 4.79 Å². The Bertz CT molecular complexity index is 875. The number of rotatable bonds is 5. The van der Waals surface area contributed by atoms with Gasteiger partial charge in [0.2, 0.25) is 16.6 Å². The molecular weight excluding hydrogens is 338 g/mol. The Morgan fingerprint density at radius 1 is 1.16 bits per heavy atom. The van der Waals surface area contributed by atoms with E-state index in [1.54, 1.807) is 18.2 Å². The molecule has 1 saturated heterocycles. The molecule has 2 heterocycles. The number of amides is 1. The molecular formula is C18H22N3O3S+. The van der Waals surface area contributed by atoms with Gasteiger partial charge < -0.3 is 5.32 Å². The highest BCUT2D eigenvalue weighted by Gasteiger charge is 2.27. The second kappa shape index (κ2) is 7.33. The van der Waals surface area contributed by atoms with Gasteiger partial charge in [-0.1, -0.05) is 12.1 Å². The van der Waals surface area contributed by atoms with Crippen molar-refractivity contribution >= 4 is 21.6 Å². The number of benzene rings is 1. The first-order valence-electron chi connectivity index (χ1n) is 8.32. The van der Waals surface area contributed by atoms with Crippen LogP contribution in [0.1, 0.15) is 18.5 Å². The average Bonchev–Trinajstić information content (AvgIpc) is 3.12. The summed E-state index contributed by atoms with van der Waals surface area (Å²) in [6.07, 6.45) is 3.62. The summed E-state index contributed by atoms with van der Waals surface area (Å²) in [6.45, 7) is 3.22. The van der Waals surface area contributed by atoms with Crippen LogP contribution in [0.15, 0.2) is 53.6 Å². The zero-order chi connectivity index (χ0) is 17.9. The summed E-state index contributed by atoms with van der Waals surface area (Å²) >= 11 is 0. The van der Waals surface area contributed by atoms with Crippen molar-refractivity contribution in [1.82, 2.24) is 4.31 Å². The lowest BCUT2D eigenvalue weighted by atomic mass is 10.3. The van der Waals surface area contributed by atoms with Crippen molar-refractivity contribution in [3.05, 3.63) is 54.4 Å². The minimum Gasteiger partial charge on any atom is -0.321 e. The van der Waals surface area contributed by atoms with E-state index < -0.39 is 10.0 Å². The Kier molecular flexibility index (Phi) is 5.15. The maximum atomic E-state index is 12.6. The van der Waals surface area contributed by atoms with Crippen molar-refractivity contribution in [2.24, 2.45) is 0 Å². The van der Waals surface area contributed by atoms with Crippen LogP contribution in [0.5, 0.6) is 0 Å². The van der Waals surface area contributed by atoms with Crippen molar-refractivity contribution in [2.45, 2.75) is 31.2 Å². The standard InChI is InChI=1S/C18H21N3O3S/c1-15-7-2-3-10-20(15)14-18(22)19-16-8-6-9-17(13-16)25(23,24)21-11-4-5-12-21/h2-3,6-10,13H,4-5,11-12,14H2,1H3/p+1. The Balaban J connectivity index is 1.73. The molecule has 1 fully saturated rings. The van der Waals surface area contributed by atoms with Crippen LogP contribution in [0.2, 0.25) is 0 Å². The molecule has 2 aromatic rings. The molecule has 0 unspecified atom stereocenters. The maximum absolute atomic E-state index is 12.6. The monoisotopic (exact) mass is 360 g/mol. The Morgan fingerprint density at radius 2 is 1.92 bits per heavy atom. The van der Waals surface area contributed by atoms with Crippen LogP contribution in [0, 0.1) is 6.92 Å². The zero-order valence-electron chi connectivity index (χ0n) is 14.2. The van der Waals surface area contributed by atoms with E-state index in [4.69, 9.17) is 0 Å². The molecule has 0 saturated carbocycles. The first-order valence-corrected chi connectivity index (χ1v) is 9.76. The van der Waals surface area contributed by atoms with Crippen LogP contribution in [-0.4, -0.2) is 31.7 Å². The first-order chi connectivity index (χ1) is 12.0. The van der Waals surface area contributed by atoms with Gasteiger partial charge >= 0.3 is 0 Å². The number of sulfonamides is 1. The number of hydrogen-bond donors (Lipinski definition) is 1. The molecule has 1 aromatic carbocycles. The molecule has 1 aliphatic heterocycles. The molecule has 7 heteroatoms. The lowest BCUT2D eigenvalue weighted by molar-refractivity contribution is -0.690. The van der Waals surface area contributed by atoms with Crippen molar-refractivity contribution in [1.29, 1.82) is 0 Å². The third kappa shape index (κ3) is 4.05. The molecule has 1 aromatic heterocycles. The predicted octanol–water partition coefficient (Wildman–Crippen LogP) is 1.71. The lowest BCUT2D eigenvalue weighted by Gasteiger charge is -2.16. The number of aromatic nitrogens is 1. The van der Waals surface area contributed by atoms with E-state index in [2.05, 4.69) is 5.32 Å². The molecule has 6 nitrogen and oxygen atoms in total. The largest absolute Gasteiger partial charge is 0.321 e. The first kappa shape index (κ1) is 17.6. The van der Waals surface area contributed by atoms with Crippen LogP contribution in [0.4, 0.5) is 5.69 Å². The van der Waals surface area contributed by atoms with Gasteiger partial charge in [0, 0.05) is 37.8 Å². The molecule has 0 bridgehead atoms. The normalized spacial score (nSPS) is 15.2. The van der Waals surface area contributed by atoms with E-state index in [0.717, 1.165) is 18.5 Å². The van der Waals surface area contributed by atoms with Crippen LogP contribution in [-0.2, 0) is 21.4 Å². The van der Waals surface area contributed by atoms with E-state index >= 15 is 0 Å². The van der Waals surface area contributed by atoms with Crippen LogP contribution >= 0.6 is 0 Å². The second-order valence-corrected chi connectivity index (χ2v) is 8.10. The maximum Gasteiger partial charge on any atom is 0.290 e. The highest BCUT2D eigenvalue weighted by molar-refractivity contribution is 7.89. The zero-order valence-corrected chi connectivity index (χ0v) is 15.0. The Labute approximate surface area is 148 Å². The molecule has 3 rings (SSSR count). The van der Waals surface area contributed by atoms with E-state index in [0.29, 0.717) is 18.8 Å². The van der Waals surface area contributed by atoms with Crippen molar-refractivity contribution < 1.29 is 17.8 Å². The summed E-state index contributed by atoms with van der Waals surface area (Å²) < 4.78 is 28.6. The van der Waals surface area contributed by atoms with E-state index in [1.807, 2.05) is 35.9 Å². The quantitative estimate of drug-likeness (QED) is 0.825. The van der Waals surface area contributed by atoms with E-state index in [9.17, 15) is 13.2 Å². The Morgan fingerprint density at radius 3 is 2.64 bits per heavy atom. The highest BCUT2D eigenvalue weighted by atomic mass is 32.2. The number of nitrogens with one attached hydrogen (secondary N) is 1. The molecule has 0 spiro atoms.